The molecule has 1 amide bonds. The van der Waals surface area contributed by atoms with Crippen LogP contribution < -0.4 is 0 Å². The van der Waals surface area contributed by atoms with E-state index in [-0.39, 0.29) is 5.91 Å². The van der Waals surface area contributed by atoms with Crippen LogP contribution in [0.3, 0.4) is 0 Å². The predicted octanol–water partition coefficient (Wildman–Crippen LogP) is 3.75. The summed E-state index contributed by atoms with van der Waals surface area (Å²) in [5.74, 6) is 1.72. The van der Waals surface area contributed by atoms with Crippen molar-refractivity contribution in [2.24, 2.45) is 11.8 Å². The van der Waals surface area contributed by atoms with Crippen molar-refractivity contribution in [3.05, 3.63) is 24.9 Å². The first-order chi connectivity index (χ1) is 8.22. The third-order valence-electron chi connectivity index (χ3n) is 3.45. The van der Waals surface area contributed by atoms with Crippen molar-refractivity contribution in [1.82, 2.24) is 4.90 Å². The smallest absolute Gasteiger partial charge is 0.226 e. The topological polar surface area (TPSA) is 20.3 Å². The average molecular weight is 235 g/mol. The van der Waals surface area contributed by atoms with E-state index in [1.165, 1.54) is 19.3 Å². The van der Waals surface area contributed by atoms with Gasteiger partial charge in [0.05, 0.1) is 0 Å². The highest BCUT2D eigenvalue weighted by Gasteiger charge is 2.37. The van der Waals surface area contributed by atoms with E-state index < -0.39 is 0 Å². The Bertz CT molecular complexity index is 283. The van der Waals surface area contributed by atoms with Gasteiger partial charge < -0.3 is 4.90 Å². The maximum absolute atomic E-state index is 11.6. The van der Waals surface area contributed by atoms with E-state index in [9.17, 15) is 4.79 Å². The summed E-state index contributed by atoms with van der Waals surface area (Å²) < 4.78 is 0. The van der Waals surface area contributed by atoms with E-state index in [0.717, 1.165) is 18.9 Å². The number of hydrogen-bond donors (Lipinski definition) is 0. The van der Waals surface area contributed by atoms with Crippen molar-refractivity contribution in [3.8, 4) is 0 Å². The third-order valence-corrected chi connectivity index (χ3v) is 3.45. The molecule has 1 aliphatic rings. The molecule has 96 valence electrons. The molecule has 0 spiro atoms. The Morgan fingerprint density at radius 3 is 2.71 bits per heavy atom. The van der Waals surface area contributed by atoms with Gasteiger partial charge >= 0.3 is 0 Å². The summed E-state index contributed by atoms with van der Waals surface area (Å²) in [6.45, 7) is 8.65. The molecule has 0 aromatic heterocycles. The Kier molecular flexibility index (Phi) is 6.03. The van der Waals surface area contributed by atoms with Crippen LogP contribution in [-0.2, 0) is 4.79 Å². The molecule has 0 bridgehead atoms. The summed E-state index contributed by atoms with van der Waals surface area (Å²) in [6.07, 6.45) is 11.6. The van der Waals surface area contributed by atoms with Gasteiger partial charge in [0.25, 0.3) is 0 Å². The van der Waals surface area contributed by atoms with E-state index in [4.69, 9.17) is 0 Å². The second-order valence-corrected chi connectivity index (χ2v) is 4.80. The standard InChI is InChI=1S/C15H25NO/c1-4-7-8-9-10-13-11-14(13)12-16(6-3)15(17)5-2/h6-8,13-14H,3-5,9-12H2,1-2H3. The molecule has 0 radical (unpaired) electrons. The molecular formula is C15H25NO. The Balaban J connectivity index is 2.20. The van der Waals surface area contributed by atoms with Crippen molar-refractivity contribution < 1.29 is 4.79 Å². The highest BCUT2D eigenvalue weighted by atomic mass is 16.2. The maximum atomic E-state index is 11.6. The summed E-state index contributed by atoms with van der Waals surface area (Å²) in [7, 11) is 0. The van der Waals surface area contributed by atoms with E-state index in [1.54, 1.807) is 11.1 Å². The number of carbonyl (C=O) groups excluding carboxylic acids is 1. The highest BCUT2D eigenvalue weighted by molar-refractivity contribution is 5.76. The molecule has 17 heavy (non-hydrogen) atoms. The molecule has 1 fully saturated rings. The second kappa shape index (κ2) is 7.31. The van der Waals surface area contributed by atoms with Crippen molar-refractivity contribution in [2.75, 3.05) is 6.54 Å². The molecule has 2 unspecified atom stereocenters. The second-order valence-electron chi connectivity index (χ2n) is 4.80. The van der Waals surface area contributed by atoms with E-state index in [0.29, 0.717) is 12.3 Å². The number of hydrogen-bond acceptors (Lipinski definition) is 1. The van der Waals surface area contributed by atoms with E-state index in [2.05, 4.69) is 25.7 Å². The van der Waals surface area contributed by atoms with Gasteiger partial charge in [-0.1, -0.05) is 32.6 Å². The minimum absolute atomic E-state index is 0.191. The van der Waals surface area contributed by atoms with E-state index in [1.807, 2.05) is 6.92 Å². The monoisotopic (exact) mass is 235 g/mol. The molecule has 1 saturated carbocycles. The van der Waals surface area contributed by atoms with Crippen molar-refractivity contribution in [2.45, 2.75) is 46.0 Å². The van der Waals surface area contributed by atoms with Crippen LogP contribution in [0.1, 0.15) is 46.0 Å². The SMILES string of the molecule is C=CN(CC1CC1CCC=CCC)C(=O)CC. The van der Waals surface area contributed by atoms with Gasteiger partial charge in [0.2, 0.25) is 5.91 Å². The molecule has 0 aromatic rings. The van der Waals surface area contributed by atoms with Gasteiger partial charge in [-0.15, -0.1) is 0 Å². The van der Waals surface area contributed by atoms with Crippen molar-refractivity contribution in [1.29, 1.82) is 0 Å². The van der Waals surface area contributed by atoms with Gasteiger partial charge in [-0.2, -0.15) is 0 Å². The van der Waals surface area contributed by atoms with Gasteiger partial charge in [0.1, 0.15) is 0 Å². The fourth-order valence-corrected chi connectivity index (χ4v) is 2.22. The Morgan fingerprint density at radius 1 is 1.35 bits per heavy atom. The lowest BCUT2D eigenvalue weighted by atomic mass is 10.1. The number of allylic oxidation sites excluding steroid dienone is 2. The zero-order valence-corrected chi connectivity index (χ0v) is 11.2. The van der Waals surface area contributed by atoms with E-state index >= 15 is 0 Å². The number of carbonyl (C=O) groups is 1. The summed E-state index contributed by atoms with van der Waals surface area (Å²) in [5.41, 5.74) is 0. The lowest BCUT2D eigenvalue weighted by Crippen LogP contribution is -2.27. The molecule has 0 aromatic carbocycles. The van der Waals surface area contributed by atoms with Crippen LogP contribution in [-0.4, -0.2) is 17.4 Å². The maximum Gasteiger partial charge on any atom is 0.226 e. The molecule has 0 aliphatic heterocycles. The van der Waals surface area contributed by atoms with Crippen LogP contribution in [0, 0.1) is 11.8 Å². The van der Waals surface area contributed by atoms with Crippen LogP contribution in [0.4, 0.5) is 0 Å². The summed E-state index contributed by atoms with van der Waals surface area (Å²) in [6, 6.07) is 0. The molecule has 1 aliphatic carbocycles. The fraction of sp³-hybridized carbons (Fsp3) is 0.667. The molecule has 0 saturated heterocycles. The minimum Gasteiger partial charge on any atom is -0.319 e. The first-order valence-electron chi connectivity index (χ1n) is 6.79. The van der Waals surface area contributed by atoms with Crippen molar-refractivity contribution >= 4 is 5.91 Å². The highest BCUT2D eigenvalue weighted by Crippen LogP contribution is 2.42. The molecule has 0 heterocycles. The van der Waals surface area contributed by atoms with Gasteiger partial charge in [-0.05, 0) is 43.7 Å². The van der Waals surface area contributed by atoms with Crippen LogP contribution in [0.2, 0.25) is 0 Å². The van der Waals surface area contributed by atoms with Crippen LogP contribution in [0.15, 0.2) is 24.9 Å². The first-order valence-corrected chi connectivity index (χ1v) is 6.79. The lowest BCUT2D eigenvalue weighted by molar-refractivity contribution is -0.128. The minimum atomic E-state index is 0.191. The Labute approximate surface area is 105 Å². The first kappa shape index (κ1) is 14.0. The molecule has 2 atom stereocenters. The molecule has 0 N–H and O–H groups in total. The molecule has 1 rings (SSSR count). The average Bonchev–Trinajstić information content (AvgIpc) is 3.09. The Hall–Kier alpha value is -1.05. The lowest BCUT2D eigenvalue weighted by Gasteiger charge is -2.16. The third kappa shape index (κ3) is 4.76. The van der Waals surface area contributed by atoms with Gasteiger partial charge in [0, 0.05) is 13.0 Å². The normalized spacial score (nSPS) is 22.7. The number of nitrogens with zero attached hydrogens (tertiary/aromatic N) is 1. The molecule has 2 nitrogen and oxygen atoms in total. The van der Waals surface area contributed by atoms with Gasteiger partial charge in [0.15, 0.2) is 0 Å². The predicted molar refractivity (Wildman–Crippen MR) is 72.5 cm³/mol. The van der Waals surface area contributed by atoms with Crippen LogP contribution in [0.25, 0.3) is 0 Å². The summed E-state index contributed by atoms with van der Waals surface area (Å²) >= 11 is 0. The van der Waals surface area contributed by atoms with Gasteiger partial charge in [-0.3, -0.25) is 4.79 Å². The molecule has 2 heteroatoms. The fourth-order valence-electron chi connectivity index (χ4n) is 2.22. The zero-order chi connectivity index (χ0) is 12.7. The summed E-state index contributed by atoms with van der Waals surface area (Å²) in [5, 5.41) is 0. The van der Waals surface area contributed by atoms with Gasteiger partial charge in [-0.25, -0.2) is 0 Å². The zero-order valence-electron chi connectivity index (χ0n) is 11.2. The number of rotatable bonds is 8. The largest absolute Gasteiger partial charge is 0.319 e. The van der Waals surface area contributed by atoms with Crippen molar-refractivity contribution in [3.63, 3.8) is 0 Å². The Morgan fingerprint density at radius 2 is 2.12 bits per heavy atom. The number of amides is 1. The molecular weight excluding hydrogens is 210 g/mol. The summed E-state index contributed by atoms with van der Waals surface area (Å²) in [4.78, 5) is 13.3. The van der Waals surface area contributed by atoms with Crippen LogP contribution in [0.5, 0.6) is 0 Å². The quantitative estimate of drug-likeness (QED) is 0.587. The van der Waals surface area contributed by atoms with Crippen LogP contribution >= 0.6 is 0 Å².